The molecule has 0 radical (unpaired) electrons. The Balaban J connectivity index is 1.05. The smallest absolute Gasteiger partial charge is 0.160 e. The number of benzene rings is 8. The second-order valence-corrected chi connectivity index (χ2v) is 15.9. The van der Waals surface area contributed by atoms with Crippen molar-refractivity contribution in [3.05, 3.63) is 216 Å². The molecule has 1 aliphatic heterocycles. The zero-order valence-corrected chi connectivity index (χ0v) is 31.5. The molecule has 0 bridgehead atoms. The maximum absolute atomic E-state index is 6.67. The summed E-state index contributed by atoms with van der Waals surface area (Å²) in [5, 5.41) is 2.64. The molecular weight excluding hydrogens is 713 g/mol. The van der Waals surface area contributed by atoms with Crippen molar-refractivity contribution < 1.29 is 4.74 Å². The van der Waals surface area contributed by atoms with Crippen molar-refractivity contribution in [3.8, 4) is 67.7 Å². The first-order valence-corrected chi connectivity index (χ1v) is 20.1. The molecule has 4 heteroatoms. The van der Waals surface area contributed by atoms with E-state index < -0.39 is 5.41 Å². The van der Waals surface area contributed by atoms with Crippen LogP contribution < -0.4 is 4.74 Å². The summed E-state index contributed by atoms with van der Waals surface area (Å²) in [6.07, 6.45) is 0. The molecule has 266 valence electrons. The summed E-state index contributed by atoms with van der Waals surface area (Å²) >= 11 is 1.87. The molecule has 0 N–H and O–H groups in total. The molecule has 0 amide bonds. The zero-order chi connectivity index (χ0) is 37.5. The number of rotatable bonds is 4. The van der Waals surface area contributed by atoms with Crippen LogP contribution in [0.15, 0.2) is 194 Å². The molecule has 1 aliphatic carbocycles. The Bertz CT molecular complexity index is 3100. The van der Waals surface area contributed by atoms with Gasteiger partial charge in [0.15, 0.2) is 5.82 Å². The van der Waals surface area contributed by atoms with Gasteiger partial charge in [0.2, 0.25) is 0 Å². The van der Waals surface area contributed by atoms with E-state index in [1.807, 2.05) is 35.6 Å². The Kier molecular flexibility index (Phi) is 7.01. The molecule has 0 saturated heterocycles. The predicted molar refractivity (Wildman–Crippen MR) is 234 cm³/mol. The Morgan fingerprint density at radius 1 is 0.404 bits per heavy atom. The molecular formula is C53H32N2OS. The molecule has 10 aromatic rings. The second kappa shape index (κ2) is 12.4. The van der Waals surface area contributed by atoms with Crippen molar-refractivity contribution in [1.82, 2.24) is 9.97 Å². The Hall–Kier alpha value is -7.14. The monoisotopic (exact) mass is 744 g/mol. The fraction of sp³-hybridized carbons (Fsp3) is 0.0189. The van der Waals surface area contributed by atoms with Crippen molar-refractivity contribution in [2.75, 3.05) is 0 Å². The highest BCUT2D eigenvalue weighted by atomic mass is 32.1. The minimum atomic E-state index is -0.564. The highest BCUT2D eigenvalue weighted by Gasteiger charge is 2.51. The van der Waals surface area contributed by atoms with Crippen LogP contribution in [0.1, 0.15) is 22.3 Å². The third-order valence-electron chi connectivity index (χ3n) is 11.8. The lowest BCUT2D eigenvalue weighted by Crippen LogP contribution is -2.32. The van der Waals surface area contributed by atoms with Gasteiger partial charge in [-0.3, -0.25) is 0 Å². The molecule has 3 heterocycles. The van der Waals surface area contributed by atoms with Crippen molar-refractivity contribution in [2.24, 2.45) is 0 Å². The van der Waals surface area contributed by atoms with Gasteiger partial charge < -0.3 is 4.74 Å². The summed E-state index contributed by atoms with van der Waals surface area (Å²) in [6.45, 7) is 0. The van der Waals surface area contributed by atoms with E-state index in [9.17, 15) is 0 Å². The van der Waals surface area contributed by atoms with E-state index in [-0.39, 0.29) is 0 Å². The Labute approximate surface area is 334 Å². The lowest BCUT2D eigenvalue weighted by atomic mass is 9.66. The zero-order valence-electron chi connectivity index (χ0n) is 30.7. The number of thiophene rings is 1. The van der Waals surface area contributed by atoms with Gasteiger partial charge in [0, 0.05) is 48.0 Å². The quantitative estimate of drug-likeness (QED) is 0.180. The predicted octanol–water partition coefficient (Wildman–Crippen LogP) is 14.0. The van der Waals surface area contributed by atoms with Gasteiger partial charge in [-0.15, -0.1) is 11.3 Å². The van der Waals surface area contributed by atoms with Gasteiger partial charge in [-0.1, -0.05) is 158 Å². The number of hydrogen-bond acceptors (Lipinski definition) is 4. The average Bonchev–Trinajstić information content (AvgIpc) is 3.80. The van der Waals surface area contributed by atoms with Crippen LogP contribution >= 0.6 is 11.3 Å². The summed E-state index contributed by atoms with van der Waals surface area (Å²) in [6, 6.07) is 69.4. The van der Waals surface area contributed by atoms with E-state index in [0.29, 0.717) is 5.82 Å². The maximum atomic E-state index is 6.67. The fourth-order valence-electron chi connectivity index (χ4n) is 9.28. The molecule has 57 heavy (non-hydrogen) atoms. The first-order chi connectivity index (χ1) is 28.2. The molecule has 0 fully saturated rings. The van der Waals surface area contributed by atoms with Crippen LogP contribution in [-0.2, 0) is 5.41 Å². The standard InChI is InChI=1S/C53H32N2OS/c1-3-13-34(14-4-1)44-32-45(55-52(54-44)36-15-5-2-6-16-36)35-25-23-33(24-26-35)37-27-28-38-43(31-37)53(40-18-8-10-20-46(40)56-47-21-11-9-19-41(47)53)42-29-30-49-51(50(38)42)39-17-7-12-22-48(39)57-49/h1-32H. The van der Waals surface area contributed by atoms with E-state index in [0.717, 1.165) is 50.7 Å². The van der Waals surface area contributed by atoms with Crippen LogP contribution in [0.25, 0.3) is 76.3 Å². The lowest BCUT2D eigenvalue weighted by Gasteiger charge is -2.39. The molecule has 12 rings (SSSR count). The Morgan fingerprint density at radius 2 is 0.982 bits per heavy atom. The highest BCUT2D eigenvalue weighted by molar-refractivity contribution is 7.26. The van der Waals surface area contributed by atoms with Gasteiger partial charge in [0.1, 0.15) is 11.5 Å². The topological polar surface area (TPSA) is 35.0 Å². The number of fused-ring (bicyclic) bond motifs is 13. The SMILES string of the molecule is c1ccc(-c2cc(-c3ccc(-c4ccc5c(c4)C4(c6ccccc6Oc6ccccc64)c4ccc6sc7ccccc7c6c4-5)cc3)nc(-c3ccccc3)n2)cc1. The molecule has 2 aliphatic rings. The average molecular weight is 745 g/mol. The first-order valence-electron chi connectivity index (χ1n) is 19.3. The fourth-order valence-corrected chi connectivity index (χ4v) is 10.4. The van der Waals surface area contributed by atoms with Crippen LogP contribution in [0.3, 0.4) is 0 Å². The number of para-hydroxylation sites is 2. The summed E-state index contributed by atoms with van der Waals surface area (Å²) in [7, 11) is 0. The molecule has 2 aromatic heterocycles. The van der Waals surface area contributed by atoms with Crippen LogP contribution in [-0.4, -0.2) is 9.97 Å². The lowest BCUT2D eigenvalue weighted by molar-refractivity contribution is 0.436. The van der Waals surface area contributed by atoms with E-state index >= 15 is 0 Å². The normalized spacial score (nSPS) is 13.2. The summed E-state index contributed by atoms with van der Waals surface area (Å²) in [4.78, 5) is 10.1. The third-order valence-corrected chi connectivity index (χ3v) is 12.9. The summed E-state index contributed by atoms with van der Waals surface area (Å²) in [5.74, 6) is 2.51. The number of ether oxygens (including phenoxy) is 1. The minimum Gasteiger partial charge on any atom is -0.457 e. The van der Waals surface area contributed by atoms with Crippen LogP contribution in [0.4, 0.5) is 0 Å². The molecule has 1 spiro atoms. The van der Waals surface area contributed by atoms with E-state index in [4.69, 9.17) is 14.7 Å². The number of nitrogens with zero attached hydrogens (tertiary/aromatic N) is 2. The van der Waals surface area contributed by atoms with Crippen molar-refractivity contribution in [2.45, 2.75) is 5.41 Å². The Morgan fingerprint density at radius 3 is 1.70 bits per heavy atom. The molecule has 3 nitrogen and oxygen atoms in total. The van der Waals surface area contributed by atoms with E-state index in [2.05, 4.69) is 170 Å². The molecule has 0 atom stereocenters. The van der Waals surface area contributed by atoms with Gasteiger partial charge >= 0.3 is 0 Å². The molecule has 8 aromatic carbocycles. The van der Waals surface area contributed by atoms with Gasteiger partial charge in [-0.2, -0.15) is 0 Å². The largest absolute Gasteiger partial charge is 0.457 e. The van der Waals surface area contributed by atoms with E-state index in [1.165, 1.54) is 53.6 Å². The van der Waals surface area contributed by atoms with E-state index in [1.54, 1.807) is 0 Å². The van der Waals surface area contributed by atoms with Gasteiger partial charge in [0.25, 0.3) is 0 Å². The number of hydrogen-bond donors (Lipinski definition) is 0. The van der Waals surface area contributed by atoms with Crippen molar-refractivity contribution in [1.29, 1.82) is 0 Å². The molecule has 0 saturated carbocycles. The van der Waals surface area contributed by atoms with Crippen molar-refractivity contribution >= 4 is 31.5 Å². The van der Waals surface area contributed by atoms with Gasteiger partial charge in [0.05, 0.1) is 16.8 Å². The molecule has 0 unspecified atom stereocenters. The van der Waals surface area contributed by atoms with Crippen molar-refractivity contribution in [3.63, 3.8) is 0 Å². The van der Waals surface area contributed by atoms with Gasteiger partial charge in [-0.05, 0) is 69.8 Å². The maximum Gasteiger partial charge on any atom is 0.160 e. The van der Waals surface area contributed by atoms with Crippen LogP contribution in [0.5, 0.6) is 11.5 Å². The second-order valence-electron chi connectivity index (χ2n) is 14.8. The van der Waals surface area contributed by atoms with Crippen LogP contribution in [0.2, 0.25) is 0 Å². The first kappa shape index (κ1) is 32.1. The summed E-state index contributed by atoms with van der Waals surface area (Å²) in [5.41, 5.74) is 14.1. The highest BCUT2D eigenvalue weighted by Crippen LogP contribution is 2.64. The third kappa shape index (κ3) is 4.78. The minimum absolute atomic E-state index is 0.564. The number of aromatic nitrogens is 2. The van der Waals surface area contributed by atoms with Crippen LogP contribution in [0, 0.1) is 0 Å². The van der Waals surface area contributed by atoms with Gasteiger partial charge in [-0.25, -0.2) is 9.97 Å². The summed E-state index contributed by atoms with van der Waals surface area (Å²) < 4.78 is 9.29.